The molecule has 0 fully saturated rings. The Morgan fingerprint density at radius 3 is 2.15 bits per heavy atom. The molecule has 2 aromatic carbocycles. The molecule has 33 heavy (non-hydrogen) atoms. The molecule has 0 saturated carbocycles. The molecule has 7 nitrogen and oxygen atoms in total. The molecule has 7 heteroatoms. The van der Waals surface area contributed by atoms with Gasteiger partial charge in [0.1, 0.15) is 5.82 Å². The summed E-state index contributed by atoms with van der Waals surface area (Å²) < 4.78 is 1.61. The lowest BCUT2D eigenvalue weighted by Gasteiger charge is -2.21. The molecule has 0 aliphatic heterocycles. The summed E-state index contributed by atoms with van der Waals surface area (Å²) in [6.07, 6.45) is 2.63. The summed E-state index contributed by atoms with van der Waals surface area (Å²) in [6.45, 7) is 5.86. The molecule has 2 aromatic heterocycles. The van der Waals surface area contributed by atoms with Gasteiger partial charge in [-0.15, -0.1) is 5.10 Å². The maximum absolute atomic E-state index is 11.3. The highest BCUT2D eigenvalue weighted by Gasteiger charge is 2.19. The van der Waals surface area contributed by atoms with E-state index in [1.54, 1.807) is 11.6 Å². The second-order valence-corrected chi connectivity index (χ2v) is 8.77. The molecule has 4 rings (SSSR count). The first-order chi connectivity index (χ1) is 15.8. The predicted octanol–water partition coefficient (Wildman–Crippen LogP) is 3.60. The van der Waals surface area contributed by atoms with Gasteiger partial charge in [-0.05, 0) is 48.2 Å². The van der Waals surface area contributed by atoms with Crippen LogP contribution in [0, 0.1) is 6.92 Å². The number of nitrogens with zero attached hydrogens (tertiary/aromatic N) is 4. The molecule has 0 atom stereocenters. The van der Waals surface area contributed by atoms with Crippen molar-refractivity contribution in [2.75, 3.05) is 6.61 Å². The molecule has 0 saturated heterocycles. The number of pyridine rings is 1. The zero-order chi connectivity index (χ0) is 23.6. The highest BCUT2D eigenvalue weighted by Crippen LogP contribution is 2.25. The Morgan fingerprint density at radius 1 is 1.00 bits per heavy atom. The van der Waals surface area contributed by atoms with Gasteiger partial charge >= 0.3 is 0 Å². The van der Waals surface area contributed by atoms with Crippen molar-refractivity contribution in [3.05, 3.63) is 95.2 Å². The van der Waals surface area contributed by atoms with Crippen LogP contribution in [0.5, 0.6) is 0 Å². The van der Waals surface area contributed by atoms with Gasteiger partial charge in [-0.1, -0.05) is 56.3 Å². The largest absolute Gasteiger partial charge is 0.395 e. The zero-order valence-electron chi connectivity index (χ0n) is 19.0. The smallest absolute Gasteiger partial charge is 0.288 e. The fourth-order valence-corrected chi connectivity index (χ4v) is 3.58. The van der Waals surface area contributed by atoms with Gasteiger partial charge in [0, 0.05) is 17.2 Å². The second-order valence-electron chi connectivity index (χ2n) is 8.77. The monoisotopic (exact) mass is 441 g/mol. The molecular formula is C26H27N5O2. The van der Waals surface area contributed by atoms with Gasteiger partial charge in [0.15, 0.2) is 0 Å². The van der Waals surface area contributed by atoms with Gasteiger partial charge in [-0.3, -0.25) is 9.78 Å². The van der Waals surface area contributed by atoms with E-state index in [-0.39, 0.29) is 17.8 Å². The summed E-state index contributed by atoms with van der Waals surface area (Å²) in [7, 11) is 0. The lowest BCUT2D eigenvalue weighted by Crippen LogP contribution is -2.22. The maximum Gasteiger partial charge on any atom is 0.288 e. The predicted molar refractivity (Wildman–Crippen MR) is 127 cm³/mol. The standard InChI is InChI=1S/C26H27N5O2/c1-17-29-25(24(27)33)30-31(17)22-11-6-19(7-12-22)14-18-4-8-20(9-5-18)23-13-10-21(15-28-23)26(2,3)16-32/h4-13,15,32H,14,16H2,1-3H3,(H2,27,33). The Hall–Kier alpha value is -3.84. The number of carbonyl (C=O) groups is 1. The number of aliphatic hydroxyl groups is 1. The number of aromatic nitrogens is 4. The lowest BCUT2D eigenvalue weighted by molar-refractivity contribution is 0.0990. The highest BCUT2D eigenvalue weighted by molar-refractivity contribution is 5.88. The summed E-state index contributed by atoms with van der Waals surface area (Å²) in [4.78, 5) is 20.0. The van der Waals surface area contributed by atoms with E-state index in [4.69, 9.17) is 5.73 Å². The number of benzene rings is 2. The van der Waals surface area contributed by atoms with E-state index in [9.17, 15) is 9.90 Å². The number of carbonyl (C=O) groups excluding carboxylic acids is 1. The van der Waals surface area contributed by atoms with Crippen molar-refractivity contribution in [2.45, 2.75) is 32.6 Å². The number of rotatable bonds is 7. The number of aryl methyl sites for hydroxylation is 1. The van der Waals surface area contributed by atoms with Crippen LogP contribution in [0.2, 0.25) is 0 Å². The Kier molecular flexibility index (Phi) is 6.07. The van der Waals surface area contributed by atoms with E-state index in [1.165, 1.54) is 5.56 Å². The number of hydrogen-bond acceptors (Lipinski definition) is 5. The van der Waals surface area contributed by atoms with Gasteiger partial charge in [-0.25, -0.2) is 9.67 Å². The van der Waals surface area contributed by atoms with Crippen LogP contribution in [0.3, 0.4) is 0 Å². The molecule has 0 radical (unpaired) electrons. The third-order valence-corrected chi connectivity index (χ3v) is 5.77. The quantitative estimate of drug-likeness (QED) is 0.456. The first-order valence-electron chi connectivity index (χ1n) is 10.8. The average molecular weight is 442 g/mol. The number of aliphatic hydroxyl groups excluding tert-OH is 1. The minimum absolute atomic E-state index is 0.0119. The molecule has 0 spiro atoms. The van der Waals surface area contributed by atoms with Gasteiger partial charge in [0.25, 0.3) is 5.91 Å². The summed E-state index contributed by atoms with van der Waals surface area (Å²) in [6, 6.07) is 20.4. The molecular weight excluding hydrogens is 414 g/mol. The third kappa shape index (κ3) is 4.83. The van der Waals surface area contributed by atoms with Gasteiger partial charge in [-0.2, -0.15) is 0 Å². The minimum Gasteiger partial charge on any atom is -0.395 e. The normalized spacial score (nSPS) is 11.5. The van der Waals surface area contributed by atoms with Crippen molar-refractivity contribution in [1.29, 1.82) is 0 Å². The van der Waals surface area contributed by atoms with E-state index < -0.39 is 5.91 Å². The lowest BCUT2D eigenvalue weighted by atomic mass is 9.86. The van der Waals surface area contributed by atoms with Crippen LogP contribution in [0.1, 0.15) is 47.0 Å². The van der Waals surface area contributed by atoms with Gasteiger partial charge in [0.2, 0.25) is 5.82 Å². The first-order valence-corrected chi connectivity index (χ1v) is 10.8. The number of primary amides is 1. The Bertz CT molecular complexity index is 1260. The van der Waals surface area contributed by atoms with E-state index in [0.717, 1.165) is 34.5 Å². The van der Waals surface area contributed by atoms with Gasteiger partial charge < -0.3 is 10.8 Å². The van der Waals surface area contributed by atoms with Crippen molar-refractivity contribution in [3.8, 4) is 16.9 Å². The Morgan fingerprint density at radius 2 is 1.64 bits per heavy atom. The fourth-order valence-electron chi connectivity index (χ4n) is 3.58. The molecule has 0 bridgehead atoms. The Balaban J connectivity index is 1.45. The van der Waals surface area contributed by atoms with Gasteiger partial charge in [0.05, 0.1) is 18.0 Å². The van der Waals surface area contributed by atoms with Crippen molar-refractivity contribution in [3.63, 3.8) is 0 Å². The summed E-state index contributed by atoms with van der Waals surface area (Å²) in [5, 5.41) is 13.7. The van der Waals surface area contributed by atoms with Crippen molar-refractivity contribution < 1.29 is 9.90 Å². The molecule has 1 amide bonds. The molecule has 0 aliphatic rings. The fraction of sp³-hybridized carbons (Fsp3) is 0.231. The first kappa shape index (κ1) is 22.4. The van der Waals surface area contributed by atoms with E-state index in [1.807, 2.05) is 56.4 Å². The number of hydrogen-bond donors (Lipinski definition) is 2. The molecule has 0 aliphatic carbocycles. The topological polar surface area (TPSA) is 107 Å². The maximum atomic E-state index is 11.3. The van der Waals surface area contributed by atoms with Crippen LogP contribution < -0.4 is 5.73 Å². The minimum atomic E-state index is -0.642. The van der Waals surface area contributed by atoms with Crippen molar-refractivity contribution >= 4 is 5.91 Å². The summed E-state index contributed by atoms with van der Waals surface area (Å²) in [5.74, 6) is -0.0244. The van der Waals surface area contributed by atoms with Crippen LogP contribution in [-0.4, -0.2) is 37.4 Å². The van der Waals surface area contributed by atoms with Crippen LogP contribution >= 0.6 is 0 Å². The van der Waals surface area contributed by atoms with Crippen molar-refractivity contribution in [1.82, 2.24) is 19.7 Å². The summed E-state index contributed by atoms with van der Waals surface area (Å²) >= 11 is 0. The zero-order valence-corrected chi connectivity index (χ0v) is 19.0. The SMILES string of the molecule is Cc1nc(C(N)=O)nn1-c1ccc(Cc2ccc(-c3ccc(C(C)(C)CO)cn3)cc2)cc1. The van der Waals surface area contributed by atoms with E-state index >= 15 is 0 Å². The molecule has 2 heterocycles. The molecule has 0 unspecified atom stereocenters. The molecule has 4 aromatic rings. The third-order valence-electron chi connectivity index (χ3n) is 5.77. The summed E-state index contributed by atoms with van der Waals surface area (Å²) in [5.41, 5.74) is 11.1. The second kappa shape index (κ2) is 8.96. The average Bonchev–Trinajstić information content (AvgIpc) is 3.22. The van der Waals surface area contributed by atoms with Crippen LogP contribution in [0.25, 0.3) is 16.9 Å². The molecule has 168 valence electrons. The van der Waals surface area contributed by atoms with Crippen LogP contribution in [0.15, 0.2) is 66.9 Å². The molecule has 3 N–H and O–H groups in total. The van der Waals surface area contributed by atoms with Crippen molar-refractivity contribution in [2.24, 2.45) is 5.73 Å². The van der Waals surface area contributed by atoms with E-state index in [2.05, 4.69) is 39.3 Å². The highest BCUT2D eigenvalue weighted by atomic mass is 16.3. The Labute approximate surface area is 192 Å². The van der Waals surface area contributed by atoms with E-state index in [0.29, 0.717) is 5.82 Å². The number of nitrogens with two attached hydrogens (primary N) is 1. The van der Waals surface area contributed by atoms with Crippen LogP contribution in [-0.2, 0) is 11.8 Å². The number of amides is 1. The van der Waals surface area contributed by atoms with Crippen LogP contribution in [0.4, 0.5) is 0 Å².